The molecule has 1 amide bonds. The number of aryl methyl sites for hydroxylation is 1. The molecule has 1 aromatic heterocycles. The molecule has 6 nitrogen and oxygen atoms in total. The number of piperidine rings is 1. The van der Waals surface area contributed by atoms with Crippen molar-refractivity contribution in [2.45, 2.75) is 37.8 Å². The first-order valence-corrected chi connectivity index (χ1v) is 7.34. The molecule has 2 aliphatic heterocycles. The summed E-state index contributed by atoms with van der Waals surface area (Å²) in [5.41, 5.74) is 6.55. The average Bonchev–Trinajstić information content (AvgIpc) is 2.83. The van der Waals surface area contributed by atoms with E-state index in [1.54, 1.807) is 17.9 Å². The molecule has 3 N–H and O–H groups in total. The third kappa shape index (κ3) is 2.40. The van der Waals surface area contributed by atoms with Crippen LogP contribution in [0.5, 0.6) is 0 Å². The highest BCUT2D eigenvalue weighted by atomic mass is 16.2. The Labute approximate surface area is 119 Å². The fraction of sp³-hybridized carbons (Fsp3) is 0.714. The van der Waals surface area contributed by atoms with Gasteiger partial charge in [-0.05, 0) is 38.6 Å². The van der Waals surface area contributed by atoms with Gasteiger partial charge in [0.15, 0.2) is 5.69 Å². The van der Waals surface area contributed by atoms with Gasteiger partial charge in [-0.25, -0.2) is 0 Å². The lowest BCUT2D eigenvalue weighted by molar-refractivity contribution is 0.0913. The van der Waals surface area contributed by atoms with Gasteiger partial charge in [0, 0.05) is 31.9 Å². The molecule has 1 aromatic rings. The number of amides is 1. The van der Waals surface area contributed by atoms with Gasteiger partial charge in [-0.3, -0.25) is 9.48 Å². The number of nitrogens with one attached hydrogen (secondary N) is 1. The Morgan fingerprint density at radius 1 is 1.40 bits per heavy atom. The monoisotopic (exact) mass is 277 g/mol. The number of hydrogen-bond donors (Lipinski definition) is 2. The number of hydrogen-bond acceptors (Lipinski definition) is 4. The number of nitrogens with two attached hydrogens (primary N) is 1. The van der Waals surface area contributed by atoms with Crippen molar-refractivity contribution in [3.05, 3.63) is 11.9 Å². The number of aromatic nitrogens is 2. The topological polar surface area (TPSA) is 76.2 Å². The maximum Gasteiger partial charge on any atom is 0.273 e. The Balaban J connectivity index is 1.55. The lowest BCUT2D eigenvalue weighted by atomic mass is 9.91. The molecule has 0 spiro atoms. The summed E-state index contributed by atoms with van der Waals surface area (Å²) in [7, 11) is 3.99. The third-order valence-electron chi connectivity index (χ3n) is 4.82. The van der Waals surface area contributed by atoms with Gasteiger partial charge in [-0.2, -0.15) is 5.10 Å². The highest BCUT2D eigenvalue weighted by Crippen LogP contribution is 2.37. The number of carbonyl (C=O) groups excluding carboxylic acids is 1. The number of carbonyl (C=O) groups is 1. The quantitative estimate of drug-likeness (QED) is 0.848. The second-order valence-electron chi connectivity index (χ2n) is 6.20. The lowest BCUT2D eigenvalue weighted by Gasteiger charge is -2.36. The Morgan fingerprint density at radius 2 is 2.05 bits per heavy atom. The molecule has 3 heterocycles. The van der Waals surface area contributed by atoms with E-state index in [1.807, 2.05) is 0 Å². The molecule has 2 unspecified atom stereocenters. The van der Waals surface area contributed by atoms with E-state index >= 15 is 0 Å². The molecule has 2 aliphatic rings. The molecule has 3 rings (SSSR count). The minimum atomic E-state index is -0.158. The Bertz CT molecular complexity index is 498. The third-order valence-corrected chi connectivity index (χ3v) is 4.82. The molecule has 0 aliphatic carbocycles. The number of fused-ring (bicyclic) bond motifs is 2. The predicted octanol–water partition coefficient (Wildman–Crippen LogP) is 0.605. The van der Waals surface area contributed by atoms with E-state index in [0.29, 0.717) is 29.4 Å². The van der Waals surface area contributed by atoms with E-state index in [9.17, 15) is 4.79 Å². The van der Waals surface area contributed by atoms with Crippen molar-refractivity contribution in [3.8, 4) is 0 Å². The summed E-state index contributed by atoms with van der Waals surface area (Å²) in [4.78, 5) is 14.6. The first-order chi connectivity index (χ1) is 9.54. The van der Waals surface area contributed by atoms with Gasteiger partial charge in [0.05, 0.1) is 5.69 Å². The van der Waals surface area contributed by atoms with Crippen LogP contribution < -0.4 is 11.1 Å². The maximum absolute atomic E-state index is 12.1. The van der Waals surface area contributed by atoms with Gasteiger partial charge in [0.25, 0.3) is 5.91 Å². The minimum Gasteiger partial charge on any atom is -0.396 e. The van der Waals surface area contributed by atoms with E-state index in [0.717, 1.165) is 6.54 Å². The number of nitrogen functional groups attached to an aromatic ring is 1. The summed E-state index contributed by atoms with van der Waals surface area (Å²) in [5, 5.41) is 7.09. The van der Waals surface area contributed by atoms with Crippen LogP contribution in [0.2, 0.25) is 0 Å². The fourth-order valence-electron chi connectivity index (χ4n) is 3.69. The summed E-state index contributed by atoms with van der Waals surface area (Å²) in [5.74, 6) is 0.423. The van der Waals surface area contributed by atoms with Gasteiger partial charge in [0.2, 0.25) is 0 Å². The summed E-state index contributed by atoms with van der Waals surface area (Å²) < 4.78 is 1.57. The van der Waals surface area contributed by atoms with Crippen LogP contribution in [0.1, 0.15) is 36.2 Å². The van der Waals surface area contributed by atoms with Gasteiger partial charge < -0.3 is 16.0 Å². The predicted molar refractivity (Wildman–Crippen MR) is 77.3 cm³/mol. The van der Waals surface area contributed by atoms with Crippen LogP contribution in [-0.2, 0) is 7.05 Å². The van der Waals surface area contributed by atoms with Crippen LogP contribution in [0.25, 0.3) is 0 Å². The lowest BCUT2D eigenvalue weighted by Crippen LogP contribution is -2.43. The molecule has 0 saturated carbocycles. The molecule has 6 heteroatoms. The van der Waals surface area contributed by atoms with Crippen LogP contribution in [0, 0.1) is 5.92 Å². The first kappa shape index (κ1) is 13.4. The highest BCUT2D eigenvalue weighted by molar-refractivity contribution is 5.96. The molecule has 0 radical (unpaired) electrons. The molecular weight excluding hydrogens is 254 g/mol. The van der Waals surface area contributed by atoms with E-state index in [2.05, 4.69) is 22.4 Å². The molecule has 110 valence electrons. The van der Waals surface area contributed by atoms with Gasteiger partial charge in [0.1, 0.15) is 0 Å². The minimum absolute atomic E-state index is 0.158. The van der Waals surface area contributed by atoms with Crippen molar-refractivity contribution in [1.29, 1.82) is 0 Å². The second kappa shape index (κ2) is 5.09. The molecule has 2 bridgehead atoms. The molecular formula is C14H23N5O. The van der Waals surface area contributed by atoms with Crippen molar-refractivity contribution in [2.75, 3.05) is 19.3 Å². The van der Waals surface area contributed by atoms with E-state index in [-0.39, 0.29) is 5.91 Å². The fourth-order valence-corrected chi connectivity index (χ4v) is 3.69. The van der Waals surface area contributed by atoms with E-state index < -0.39 is 0 Å². The molecule has 0 aromatic carbocycles. The SMILES string of the molecule is CN1C2CCC1CC(CNC(=O)c1nn(C)cc1N)C2. The summed E-state index contributed by atoms with van der Waals surface area (Å²) >= 11 is 0. The van der Waals surface area contributed by atoms with E-state index in [1.165, 1.54) is 25.7 Å². The van der Waals surface area contributed by atoms with Crippen LogP contribution in [0.4, 0.5) is 5.69 Å². The van der Waals surface area contributed by atoms with Gasteiger partial charge in [-0.1, -0.05) is 0 Å². The van der Waals surface area contributed by atoms with Crippen molar-refractivity contribution >= 4 is 11.6 Å². The summed E-state index contributed by atoms with van der Waals surface area (Å²) in [6.07, 6.45) is 6.64. The largest absolute Gasteiger partial charge is 0.396 e. The maximum atomic E-state index is 12.1. The van der Waals surface area contributed by atoms with Crippen molar-refractivity contribution < 1.29 is 4.79 Å². The summed E-state index contributed by atoms with van der Waals surface area (Å²) in [6, 6.07) is 1.41. The van der Waals surface area contributed by atoms with Crippen LogP contribution in [0.3, 0.4) is 0 Å². The molecule has 2 fully saturated rings. The second-order valence-corrected chi connectivity index (χ2v) is 6.20. The number of anilines is 1. The average molecular weight is 277 g/mol. The standard InChI is InChI=1S/C14H23N5O/c1-18-8-12(15)13(17-18)14(20)16-7-9-5-10-3-4-11(6-9)19(10)2/h8-11H,3-7,15H2,1-2H3,(H,16,20). The van der Waals surface area contributed by atoms with Crippen molar-refractivity contribution in [2.24, 2.45) is 13.0 Å². The molecule has 2 saturated heterocycles. The zero-order chi connectivity index (χ0) is 14.3. The van der Waals surface area contributed by atoms with Crippen LogP contribution in [0.15, 0.2) is 6.20 Å². The van der Waals surface area contributed by atoms with Gasteiger partial charge >= 0.3 is 0 Å². The smallest absolute Gasteiger partial charge is 0.273 e. The summed E-state index contributed by atoms with van der Waals surface area (Å²) in [6.45, 7) is 0.732. The van der Waals surface area contributed by atoms with Crippen LogP contribution >= 0.6 is 0 Å². The van der Waals surface area contributed by atoms with Gasteiger partial charge in [-0.15, -0.1) is 0 Å². The zero-order valence-electron chi connectivity index (χ0n) is 12.2. The van der Waals surface area contributed by atoms with Crippen molar-refractivity contribution in [3.63, 3.8) is 0 Å². The molecule has 20 heavy (non-hydrogen) atoms. The zero-order valence-corrected chi connectivity index (χ0v) is 12.2. The Morgan fingerprint density at radius 3 is 2.60 bits per heavy atom. The Kier molecular flexibility index (Phi) is 3.41. The van der Waals surface area contributed by atoms with Crippen molar-refractivity contribution in [1.82, 2.24) is 20.0 Å². The Hall–Kier alpha value is -1.56. The molecule has 2 atom stereocenters. The number of nitrogens with zero attached hydrogens (tertiary/aromatic N) is 3. The number of rotatable bonds is 3. The normalized spacial score (nSPS) is 29.6. The van der Waals surface area contributed by atoms with E-state index in [4.69, 9.17) is 5.73 Å². The first-order valence-electron chi connectivity index (χ1n) is 7.34. The van der Waals surface area contributed by atoms with Crippen LogP contribution in [-0.4, -0.2) is 46.3 Å². The highest BCUT2D eigenvalue weighted by Gasteiger charge is 2.38.